The highest BCUT2D eigenvalue weighted by atomic mass is 16.5. The Bertz CT molecular complexity index is 641. The van der Waals surface area contributed by atoms with Gasteiger partial charge in [0.2, 0.25) is 5.91 Å². The van der Waals surface area contributed by atoms with Crippen LogP contribution in [0.3, 0.4) is 0 Å². The number of ether oxygens (including phenoxy) is 1. The Hall–Kier alpha value is -2.12. The summed E-state index contributed by atoms with van der Waals surface area (Å²) in [5.41, 5.74) is 2.57. The minimum atomic E-state index is -1.56. The number of nitrogens with zero attached hydrogens (tertiary/aromatic N) is 1. The number of hydrogen-bond donors (Lipinski definition) is 3. The third-order valence-corrected chi connectivity index (χ3v) is 5.84. The second kappa shape index (κ2) is 11.8. The fourth-order valence-electron chi connectivity index (χ4n) is 4.07. The van der Waals surface area contributed by atoms with Crippen molar-refractivity contribution in [1.82, 2.24) is 10.4 Å². The third-order valence-electron chi connectivity index (χ3n) is 5.84. The van der Waals surface area contributed by atoms with Crippen molar-refractivity contribution in [2.75, 3.05) is 20.2 Å². The molecule has 1 aromatic carbocycles. The zero-order chi connectivity index (χ0) is 21.2. The van der Waals surface area contributed by atoms with E-state index in [9.17, 15) is 14.7 Å². The van der Waals surface area contributed by atoms with Crippen molar-refractivity contribution in [1.29, 1.82) is 0 Å². The number of benzene rings is 1. The van der Waals surface area contributed by atoms with E-state index in [1.54, 1.807) is 12.0 Å². The number of hydrogen-bond acceptors (Lipinski definition) is 5. The van der Waals surface area contributed by atoms with E-state index >= 15 is 0 Å². The number of carbonyl (C=O) groups is 2. The van der Waals surface area contributed by atoms with E-state index in [0.717, 1.165) is 37.0 Å². The lowest BCUT2D eigenvalue weighted by Crippen LogP contribution is -2.48. The number of piperidine rings is 1. The molecule has 162 valence electrons. The third kappa shape index (κ3) is 6.72. The predicted molar refractivity (Wildman–Crippen MR) is 110 cm³/mol. The van der Waals surface area contributed by atoms with Gasteiger partial charge in [-0.3, -0.25) is 14.8 Å². The lowest BCUT2D eigenvalue weighted by Gasteiger charge is -2.35. The monoisotopic (exact) mass is 406 g/mol. The van der Waals surface area contributed by atoms with Gasteiger partial charge in [0.05, 0.1) is 13.0 Å². The second-order valence-corrected chi connectivity index (χ2v) is 7.83. The van der Waals surface area contributed by atoms with E-state index in [1.165, 1.54) is 11.9 Å². The van der Waals surface area contributed by atoms with Crippen molar-refractivity contribution in [2.45, 2.75) is 58.0 Å². The highest BCUT2D eigenvalue weighted by molar-refractivity contribution is 5.88. The lowest BCUT2D eigenvalue weighted by atomic mass is 9.89. The number of nitrogens with one attached hydrogen (secondary N) is 1. The summed E-state index contributed by atoms with van der Waals surface area (Å²) >= 11 is 0. The molecule has 0 spiro atoms. The lowest BCUT2D eigenvalue weighted by molar-refractivity contribution is -0.151. The minimum absolute atomic E-state index is 0.203. The molecule has 1 saturated heterocycles. The van der Waals surface area contributed by atoms with Crippen LogP contribution in [-0.2, 0) is 16.0 Å². The molecule has 1 aliphatic heterocycles. The average Bonchev–Trinajstić information content (AvgIpc) is 2.76. The largest absolute Gasteiger partial charge is 0.497 e. The number of carbonyl (C=O) groups excluding carboxylic acids is 2. The molecule has 7 heteroatoms. The Kier molecular flexibility index (Phi) is 9.41. The summed E-state index contributed by atoms with van der Waals surface area (Å²) < 4.78 is 5.15. The Balaban J connectivity index is 1.96. The molecule has 1 aliphatic rings. The molecule has 2 unspecified atom stereocenters. The van der Waals surface area contributed by atoms with Gasteiger partial charge in [0, 0.05) is 13.1 Å². The standard InChI is InChI=1S/C22H34N2O5/c1-3-5-16-12-14-24(15-13-16)22(27)19(20(25)21(26)23-28)7-4-6-17-8-10-18(29-2)11-9-17/h8-11,16,19-20,25,28H,3-7,12-15H2,1-2H3,(H,23,26). The summed E-state index contributed by atoms with van der Waals surface area (Å²) in [6, 6.07) is 7.69. The van der Waals surface area contributed by atoms with Gasteiger partial charge in [0.1, 0.15) is 11.9 Å². The van der Waals surface area contributed by atoms with Gasteiger partial charge in [0.25, 0.3) is 5.91 Å². The Morgan fingerprint density at radius 2 is 1.90 bits per heavy atom. The molecule has 0 saturated carbocycles. The Morgan fingerprint density at radius 1 is 1.24 bits per heavy atom. The number of rotatable bonds is 10. The minimum Gasteiger partial charge on any atom is -0.497 e. The van der Waals surface area contributed by atoms with Crippen molar-refractivity contribution in [3.05, 3.63) is 29.8 Å². The number of aryl methyl sites for hydroxylation is 1. The Labute approximate surface area is 173 Å². The second-order valence-electron chi connectivity index (χ2n) is 7.83. The number of aliphatic hydroxyl groups excluding tert-OH is 1. The molecule has 1 fully saturated rings. The van der Waals surface area contributed by atoms with E-state index in [0.29, 0.717) is 31.8 Å². The molecule has 1 aromatic rings. The number of methoxy groups -OCH3 is 1. The van der Waals surface area contributed by atoms with Crippen LogP contribution >= 0.6 is 0 Å². The molecule has 7 nitrogen and oxygen atoms in total. The van der Waals surface area contributed by atoms with E-state index in [1.807, 2.05) is 24.3 Å². The topological polar surface area (TPSA) is 99.1 Å². The summed E-state index contributed by atoms with van der Waals surface area (Å²) in [6.07, 6.45) is 4.40. The number of likely N-dealkylation sites (tertiary alicyclic amines) is 1. The first-order valence-electron chi connectivity index (χ1n) is 10.5. The molecular formula is C22H34N2O5. The maximum absolute atomic E-state index is 13.0. The van der Waals surface area contributed by atoms with Gasteiger partial charge < -0.3 is 14.7 Å². The molecular weight excluding hydrogens is 372 g/mol. The first kappa shape index (κ1) is 23.2. The van der Waals surface area contributed by atoms with E-state index in [-0.39, 0.29) is 5.91 Å². The first-order valence-corrected chi connectivity index (χ1v) is 10.5. The molecule has 29 heavy (non-hydrogen) atoms. The van der Waals surface area contributed by atoms with Crippen molar-refractivity contribution in [3.8, 4) is 5.75 Å². The number of hydroxylamine groups is 1. The van der Waals surface area contributed by atoms with Crippen LogP contribution in [0.4, 0.5) is 0 Å². The van der Waals surface area contributed by atoms with Crippen molar-refractivity contribution in [3.63, 3.8) is 0 Å². The van der Waals surface area contributed by atoms with Crippen LogP contribution < -0.4 is 10.2 Å². The zero-order valence-electron chi connectivity index (χ0n) is 17.5. The molecule has 2 amide bonds. The zero-order valence-corrected chi connectivity index (χ0v) is 17.5. The van der Waals surface area contributed by atoms with Gasteiger partial charge in [-0.25, -0.2) is 5.48 Å². The van der Waals surface area contributed by atoms with Gasteiger partial charge in [-0.05, 0) is 55.7 Å². The molecule has 3 N–H and O–H groups in total. The van der Waals surface area contributed by atoms with Crippen LogP contribution in [0, 0.1) is 11.8 Å². The first-order chi connectivity index (χ1) is 14.0. The molecule has 0 aromatic heterocycles. The molecule has 2 atom stereocenters. The van der Waals surface area contributed by atoms with E-state index in [2.05, 4.69) is 6.92 Å². The Morgan fingerprint density at radius 3 is 2.45 bits per heavy atom. The van der Waals surface area contributed by atoms with Gasteiger partial charge in [-0.2, -0.15) is 0 Å². The predicted octanol–water partition coefficient (Wildman–Crippen LogP) is 2.54. The van der Waals surface area contributed by atoms with Gasteiger partial charge in [-0.15, -0.1) is 0 Å². The maximum Gasteiger partial charge on any atom is 0.272 e. The summed E-state index contributed by atoms with van der Waals surface area (Å²) in [4.78, 5) is 26.6. The fourth-order valence-corrected chi connectivity index (χ4v) is 4.07. The van der Waals surface area contributed by atoms with Gasteiger partial charge in [0.15, 0.2) is 0 Å². The van der Waals surface area contributed by atoms with E-state index in [4.69, 9.17) is 9.94 Å². The van der Waals surface area contributed by atoms with Crippen LogP contribution in [0.15, 0.2) is 24.3 Å². The van der Waals surface area contributed by atoms with Crippen LogP contribution in [-0.4, -0.2) is 53.3 Å². The van der Waals surface area contributed by atoms with Crippen molar-refractivity contribution in [2.24, 2.45) is 11.8 Å². The van der Waals surface area contributed by atoms with Crippen molar-refractivity contribution >= 4 is 11.8 Å². The highest BCUT2D eigenvalue weighted by Crippen LogP contribution is 2.25. The quantitative estimate of drug-likeness (QED) is 0.410. The highest BCUT2D eigenvalue weighted by Gasteiger charge is 2.35. The van der Waals surface area contributed by atoms with Crippen LogP contribution in [0.25, 0.3) is 0 Å². The van der Waals surface area contributed by atoms with E-state index < -0.39 is 17.9 Å². The smallest absolute Gasteiger partial charge is 0.272 e. The van der Waals surface area contributed by atoms with Crippen LogP contribution in [0.5, 0.6) is 5.75 Å². The molecule has 0 aliphatic carbocycles. The molecule has 0 radical (unpaired) electrons. The normalized spacial score (nSPS) is 16.9. The molecule has 1 heterocycles. The summed E-state index contributed by atoms with van der Waals surface area (Å²) in [5, 5.41) is 19.2. The summed E-state index contributed by atoms with van der Waals surface area (Å²) in [6.45, 7) is 3.48. The molecule has 0 bridgehead atoms. The maximum atomic E-state index is 13.0. The SMILES string of the molecule is CCCC1CCN(C(=O)C(CCCc2ccc(OC)cc2)C(O)C(=O)NO)CC1. The number of amides is 2. The summed E-state index contributed by atoms with van der Waals surface area (Å²) in [7, 11) is 1.61. The van der Waals surface area contributed by atoms with Gasteiger partial charge in [-0.1, -0.05) is 31.9 Å². The average molecular weight is 407 g/mol. The molecule has 2 rings (SSSR count). The van der Waals surface area contributed by atoms with Crippen molar-refractivity contribution < 1.29 is 24.6 Å². The fraction of sp³-hybridized carbons (Fsp3) is 0.636. The number of aliphatic hydroxyl groups is 1. The van der Waals surface area contributed by atoms with Crippen LogP contribution in [0.1, 0.15) is 51.0 Å². The van der Waals surface area contributed by atoms with Gasteiger partial charge >= 0.3 is 0 Å². The summed E-state index contributed by atoms with van der Waals surface area (Å²) in [5.74, 6) is -0.575. The van der Waals surface area contributed by atoms with Crippen LogP contribution in [0.2, 0.25) is 0 Å².